The molecule has 0 N–H and O–H groups in total. The van der Waals surface area contributed by atoms with E-state index in [0.29, 0.717) is 43.6 Å². The summed E-state index contributed by atoms with van der Waals surface area (Å²) in [5, 5.41) is 0. The van der Waals surface area contributed by atoms with Crippen molar-refractivity contribution in [1.29, 1.82) is 0 Å². The predicted octanol–water partition coefficient (Wildman–Crippen LogP) is 3.88. The predicted molar refractivity (Wildman–Crippen MR) is 96.2 cm³/mol. The second-order valence-corrected chi connectivity index (χ2v) is 8.62. The molecular weight excluding hydrogens is 396 g/mol. The Balaban J connectivity index is 1.90. The number of hydrogen-bond acceptors (Lipinski definition) is 4. The van der Waals surface area contributed by atoms with Crippen LogP contribution in [0.1, 0.15) is 24.2 Å². The molecule has 1 aromatic heterocycles. The van der Waals surface area contributed by atoms with E-state index < -0.39 is 43.8 Å². The Morgan fingerprint density at radius 3 is 2.32 bits per heavy atom. The summed E-state index contributed by atoms with van der Waals surface area (Å²) in [5.41, 5.74) is 0.512. The van der Waals surface area contributed by atoms with Crippen LogP contribution in [0, 0.1) is 17.5 Å². The Morgan fingerprint density at radius 1 is 1.11 bits per heavy atom. The Hall–Kier alpha value is -2.26. The van der Waals surface area contributed by atoms with Gasteiger partial charge in [-0.05, 0) is 37.6 Å². The van der Waals surface area contributed by atoms with E-state index in [4.69, 9.17) is 0 Å². The second-order valence-electron chi connectivity index (χ2n) is 6.69. The summed E-state index contributed by atoms with van der Waals surface area (Å²) in [6.45, 7) is 1.42. The third-order valence-electron chi connectivity index (χ3n) is 4.54. The van der Waals surface area contributed by atoms with Gasteiger partial charge in [0, 0.05) is 25.2 Å². The van der Waals surface area contributed by atoms with Gasteiger partial charge >= 0.3 is 0 Å². The number of piperidine rings is 1. The Kier molecular flexibility index (Phi) is 5.85. The summed E-state index contributed by atoms with van der Waals surface area (Å²) >= 11 is 0. The van der Waals surface area contributed by atoms with Crippen LogP contribution >= 0.6 is 0 Å². The van der Waals surface area contributed by atoms with Gasteiger partial charge in [-0.25, -0.2) is 31.0 Å². The van der Waals surface area contributed by atoms with Crippen LogP contribution in [0.5, 0.6) is 0 Å². The smallest absolute Gasteiger partial charge is 0.189 e. The topological polar surface area (TPSA) is 50.3 Å². The molecule has 0 unspecified atom stereocenters. The first-order valence-corrected chi connectivity index (χ1v) is 10.2. The van der Waals surface area contributed by atoms with Gasteiger partial charge in [0.15, 0.2) is 9.84 Å². The molecule has 9 heteroatoms. The van der Waals surface area contributed by atoms with Gasteiger partial charge in [0.2, 0.25) is 0 Å². The largest absolute Gasteiger partial charge is 0.306 e. The van der Waals surface area contributed by atoms with Crippen LogP contribution in [0.2, 0.25) is 0 Å². The standard InChI is InChI=1S/C19H18F4N2O2S/c1-25-7-5-12(6-8-25)18(23)17-4-2-3-14(24-17)11-28(26,27)19-15(21)9-13(20)10-16(19)22/h2-4,9-10H,5-8,11H2,1H3. The van der Waals surface area contributed by atoms with Crippen molar-refractivity contribution in [1.82, 2.24) is 9.88 Å². The number of hydrogen-bond donors (Lipinski definition) is 0. The minimum absolute atomic E-state index is 0.0210. The molecule has 1 aliphatic heterocycles. The highest BCUT2D eigenvalue weighted by Gasteiger charge is 2.26. The van der Waals surface area contributed by atoms with Crippen LogP contribution in [0.25, 0.3) is 5.83 Å². The fraction of sp³-hybridized carbons (Fsp3) is 0.316. The molecule has 0 radical (unpaired) electrons. The van der Waals surface area contributed by atoms with Gasteiger partial charge in [0.05, 0.1) is 17.1 Å². The molecule has 28 heavy (non-hydrogen) atoms. The van der Waals surface area contributed by atoms with E-state index >= 15 is 0 Å². The van der Waals surface area contributed by atoms with E-state index in [0.717, 1.165) is 0 Å². The second kappa shape index (κ2) is 8.00. The number of aromatic nitrogens is 1. The van der Waals surface area contributed by atoms with Gasteiger partial charge in [-0.2, -0.15) is 0 Å². The van der Waals surface area contributed by atoms with Crippen molar-refractivity contribution in [2.75, 3.05) is 20.1 Å². The van der Waals surface area contributed by atoms with Gasteiger partial charge in [0.25, 0.3) is 0 Å². The van der Waals surface area contributed by atoms with Crippen LogP contribution in [-0.2, 0) is 15.6 Å². The highest BCUT2D eigenvalue weighted by atomic mass is 32.2. The van der Waals surface area contributed by atoms with E-state index in [1.807, 2.05) is 7.05 Å². The van der Waals surface area contributed by atoms with Crippen molar-refractivity contribution in [3.05, 3.63) is 64.7 Å². The van der Waals surface area contributed by atoms with Gasteiger partial charge < -0.3 is 4.90 Å². The zero-order valence-corrected chi connectivity index (χ0v) is 15.9. The molecule has 4 nitrogen and oxygen atoms in total. The molecule has 1 fully saturated rings. The molecule has 0 bridgehead atoms. The van der Waals surface area contributed by atoms with Crippen LogP contribution in [0.4, 0.5) is 17.6 Å². The van der Waals surface area contributed by atoms with Crippen molar-refractivity contribution in [3.63, 3.8) is 0 Å². The molecule has 0 aliphatic carbocycles. The lowest BCUT2D eigenvalue weighted by molar-refractivity contribution is 0.311. The van der Waals surface area contributed by atoms with Gasteiger partial charge in [-0.1, -0.05) is 6.07 Å². The lowest BCUT2D eigenvalue weighted by atomic mass is 10.0. The summed E-state index contributed by atoms with van der Waals surface area (Å²) in [5.74, 6) is -5.61. The van der Waals surface area contributed by atoms with E-state index in [2.05, 4.69) is 9.88 Å². The quantitative estimate of drug-likeness (QED) is 0.563. The maximum atomic E-state index is 14.7. The van der Waals surface area contributed by atoms with E-state index in [1.165, 1.54) is 18.2 Å². The molecule has 0 atom stereocenters. The molecule has 1 saturated heterocycles. The molecule has 2 aromatic rings. The van der Waals surface area contributed by atoms with Crippen LogP contribution in [-0.4, -0.2) is 38.4 Å². The summed E-state index contributed by atoms with van der Waals surface area (Å²) in [7, 11) is -2.55. The fourth-order valence-corrected chi connectivity index (χ4v) is 4.47. The number of pyridine rings is 1. The van der Waals surface area contributed by atoms with Crippen molar-refractivity contribution in [2.24, 2.45) is 0 Å². The minimum atomic E-state index is -4.49. The van der Waals surface area contributed by atoms with Gasteiger partial charge in [0.1, 0.15) is 28.2 Å². The van der Waals surface area contributed by atoms with Crippen LogP contribution in [0.3, 0.4) is 0 Å². The molecular formula is C19H18F4N2O2S. The van der Waals surface area contributed by atoms with Crippen molar-refractivity contribution >= 4 is 15.7 Å². The van der Waals surface area contributed by atoms with Gasteiger partial charge in [-0.3, -0.25) is 0 Å². The summed E-state index contributed by atoms with van der Waals surface area (Å²) in [4.78, 5) is 4.85. The molecule has 150 valence electrons. The monoisotopic (exact) mass is 414 g/mol. The molecule has 2 heterocycles. The Morgan fingerprint density at radius 2 is 1.71 bits per heavy atom. The highest BCUT2D eigenvalue weighted by Crippen LogP contribution is 2.28. The summed E-state index contributed by atoms with van der Waals surface area (Å²) in [6, 6.07) is 4.76. The van der Waals surface area contributed by atoms with Crippen LogP contribution < -0.4 is 0 Å². The number of sulfone groups is 1. The summed E-state index contributed by atoms with van der Waals surface area (Å²) in [6.07, 6.45) is 1.08. The molecule has 1 aliphatic rings. The first kappa shape index (κ1) is 20.5. The van der Waals surface area contributed by atoms with E-state index in [1.54, 1.807) is 0 Å². The minimum Gasteiger partial charge on any atom is -0.306 e. The SMILES string of the molecule is CN1CCC(=C(F)c2cccc(CS(=O)(=O)c3c(F)cc(F)cc3F)n2)CC1. The lowest BCUT2D eigenvalue weighted by Gasteiger charge is -2.24. The number of rotatable bonds is 4. The molecule has 3 rings (SSSR count). The third kappa shape index (κ3) is 4.41. The number of nitrogens with zero attached hydrogens (tertiary/aromatic N) is 2. The molecule has 1 aromatic carbocycles. The average molecular weight is 414 g/mol. The number of halogens is 4. The molecule has 0 amide bonds. The number of benzene rings is 1. The molecule has 0 saturated carbocycles. The first-order valence-electron chi connectivity index (χ1n) is 8.57. The Bertz CT molecular complexity index is 1000. The lowest BCUT2D eigenvalue weighted by Crippen LogP contribution is -2.26. The van der Waals surface area contributed by atoms with E-state index in [-0.39, 0.29) is 11.4 Å². The zero-order chi connectivity index (χ0) is 20.5. The van der Waals surface area contributed by atoms with Crippen LogP contribution in [0.15, 0.2) is 40.8 Å². The van der Waals surface area contributed by atoms with Crippen molar-refractivity contribution in [3.8, 4) is 0 Å². The zero-order valence-electron chi connectivity index (χ0n) is 15.1. The van der Waals surface area contributed by atoms with Gasteiger partial charge in [-0.15, -0.1) is 0 Å². The highest BCUT2D eigenvalue weighted by molar-refractivity contribution is 7.90. The maximum absolute atomic E-state index is 14.7. The van der Waals surface area contributed by atoms with Crippen molar-refractivity contribution in [2.45, 2.75) is 23.5 Å². The Labute approximate surface area is 160 Å². The summed E-state index contributed by atoms with van der Waals surface area (Å²) < 4.78 is 80.3. The van der Waals surface area contributed by atoms with E-state index in [9.17, 15) is 26.0 Å². The van der Waals surface area contributed by atoms with Crippen molar-refractivity contribution < 1.29 is 26.0 Å². The fourth-order valence-electron chi connectivity index (χ4n) is 3.06. The maximum Gasteiger partial charge on any atom is 0.189 e. The first-order chi connectivity index (χ1) is 13.2. The normalized spacial score (nSPS) is 15.7. The molecule has 0 spiro atoms. The number of likely N-dealkylation sites (tertiary alicyclic amines) is 1. The third-order valence-corrected chi connectivity index (χ3v) is 6.23. The average Bonchev–Trinajstić information content (AvgIpc) is 2.60.